The van der Waals surface area contributed by atoms with Crippen LogP contribution in [0.2, 0.25) is 0 Å². The van der Waals surface area contributed by atoms with E-state index in [4.69, 9.17) is 0 Å². The lowest BCUT2D eigenvalue weighted by Crippen LogP contribution is -1.94. The van der Waals surface area contributed by atoms with Gasteiger partial charge in [0.2, 0.25) is 0 Å². The zero-order chi connectivity index (χ0) is 11.8. The summed E-state index contributed by atoms with van der Waals surface area (Å²) in [4.78, 5) is 0. The fourth-order valence-electron chi connectivity index (χ4n) is 1.90. The van der Waals surface area contributed by atoms with Crippen molar-refractivity contribution in [2.45, 2.75) is 0 Å². The summed E-state index contributed by atoms with van der Waals surface area (Å²) >= 11 is 0. The molecule has 0 unspecified atom stereocenters. The van der Waals surface area contributed by atoms with Crippen LogP contribution in [0.1, 0.15) is 11.1 Å². The van der Waals surface area contributed by atoms with Crippen LogP contribution in [-0.4, -0.2) is 0 Å². The van der Waals surface area contributed by atoms with Crippen LogP contribution in [-0.2, 0) is 0 Å². The minimum absolute atomic E-state index is 0.285. The van der Waals surface area contributed by atoms with Crippen LogP contribution in [0.5, 0.6) is 0 Å². The molecule has 1 aliphatic rings. The van der Waals surface area contributed by atoms with Gasteiger partial charge in [0.1, 0.15) is 11.6 Å². The number of hydrogen-bond acceptors (Lipinski definition) is 1. The number of rotatable bonds is 0. The molecule has 0 aliphatic carbocycles. The lowest BCUT2D eigenvalue weighted by Gasteiger charge is -2.09. The van der Waals surface area contributed by atoms with Crippen molar-refractivity contribution in [2.75, 3.05) is 5.32 Å². The van der Waals surface area contributed by atoms with Gasteiger partial charge in [-0.1, -0.05) is 12.2 Å². The number of nitrogens with one attached hydrogen (secondary N) is 1. The highest BCUT2D eigenvalue weighted by molar-refractivity contribution is 5.87. The highest BCUT2D eigenvalue weighted by atomic mass is 19.1. The van der Waals surface area contributed by atoms with Crippen LogP contribution in [0, 0.1) is 11.6 Å². The van der Waals surface area contributed by atoms with Crippen LogP contribution >= 0.6 is 0 Å². The van der Waals surface area contributed by atoms with Gasteiger partial charge in [0, 0.05) is 22.5 Å². The van der Waals surface area contributed by atoms with Crippen molar-refractivity contribution in [1.82, 2.24) is 0 Å². The molecule has 0 fully saturated rings. The Kier molecular flexibility index (Phi) is 2.18. The van der Waals surface area contributed by atoms with Gasteiger partial charge < -0.3 is 5.32 Å². The summed E-state index contributed by atoms with van der Waals surface area (Å²) in [6, 6.07) is 9.03. The molecule has 0 bridgehead atoms. The third kappa shape index (κ3) is 1.80. The van der Waals surface area contributed by atoms with Gasteiger partial charge in [-0.25, -0.2) is 8.78 Å². The molecule has 0 radical (unpaired) electrons. The number of fused-ring (bicyclic) bond motifs is 2. The van der Waals surface area contributed by atoms with Gasteiger partial charge in [-0.2, -0.15) is 0 Å². The van der Waals surface area contributed by atoms with Gasteiger partial charge >= 0.3 is 0 Å². The first-order valence-electron chi connectivity index (χ1n) is 5.26. The predicted octanol–water partition coefficient (Wildman–Crippen LogP) is 4.19. The smallest absolute Gasteiger partial charge is 0.123 e. The topological polar surface area (TPSA) is 12.0 Å². The molecule has 3 heteroatoms. The highest BCUT2D eigenvalue weighted by Gasteiger charge is 2.09. The highest BCUT2D eigenvalue weighted by Crippen LogP contribution is 2.30. The van der Waals surface area contributed by atoms with E-state index in [2.05, 4.69) is 5.32 Å². The molecular weight excluding hydrogens is 220 g/mol. The summed E-state index contributed by atoms with van der Waals surface area (Å²) in [7, 11) is 0. The molecule has 1 aliphatic heterocycles. The number of halogens is 2. The minimum atomic E-state index is -0.285. The SMILES string of the molecule is Fc1ccc2c(c1)C=Cc1cc(F)ccc1N2. The van der Waals surface area contributed by atoms with Crippen molar-refractivity contribution in [2.24, 2.45) is 0 Å². The lowest BCUT2D eigenvalue weighted by molar-refractivity contribution is 0.627. The normalized spacial score (nSPS) is 12.4. The van der Waals surface area contributed by atoms with Crippen molar-refractivity contribution < 1.29 is 8.78 Å². The summed E-state index contributed by atoms with van der Waals surface area (Å²) < 4.78 is 26.2. The average molecular weight is 229 g/mol. The molecule has 3 rings (SSSR count). The Balaban J connectivity index is 2.16. The number of hydrogen-bond donors (Lipinski definition) is 1. The van der Waals surface area contributed by atoms with Gasteiger partial charge in [0.15, 0.2) is 0 Å². The van der Waals surface area contributed by atoms with E-state index in [9.17, 15) is 8.78 Å². The molecule has 17 heavy (non-hydrogen) atoms. The standard InChI is InChI=1S/C14H9F2N/c15-11-3-5-13-9(7-11)1-2-10-8-12(16)4-6-14(10)17-13/h1-8,17H. The van der Waals surface area contributed by atoms with Crippen molar-refractivity contribution in [3.05, 3.63) is 59.2 Å². The molecule has 2 aromatic rings. The molecule has 1 N–H and O–H groups in total. The molecule has 84 valence electrons. The van der Waals surface area contributed by atoms with Crippen LogP contribution in [0.3, 0.4) is 0 Å². The van der Waals surface area contributed by atoms with E-state index in [1.165, 1.54) is 24.3 Å². The zero-order valence-electron chi connectivity index (χ0n) is 8.87. The van der Waals surface area contributed by atoms with Crippen molar-refractivity contribution in [1.29, 1.82) is 0 Å². The summed E-state index contributed by atoms with van der Waals surface area (Å²) in [6.45, 7) is 0. The summed E-state index contributed by atoms with van der Waals surface area (Å²) in [5.41, 5.74) is 3.13. The van der Waals surface area contributed by atoms with E-state index >= 15 is 0 Å². The van der Waals surface area contributed by atoms with Crippen molar-refractivity contribution >= 4 is 23.5 Å². The molecule has 0 saturated heterocycles. The van der Waals surface area contributed by atoms with E-state index in [1.54, 1.807) is 24.3 Å². The first-order valence-corrected chi connectivity index (χ1v) is 5.26. The van der Waals surface area contributed by atoms with Gasteiger partial charge in [-0.3, -0.25) is 0 Å². The molecule has 0 amide bonds. The first kappa shape index (κ1) is 10.0. The second kappa shape index (κ2) is 3.70. The van der Waals surface area contributed by atoms with E-state index < -0.39 is 0 Å². The van der Waals surface area contributed by atoms with Gasteiger partial charge in [0.05, 0.1) is 0 Å². The Bertz CT molecular complexity index is 564. The van der Waals surface area contributed by atoms with Crippen LogP contribution in [0.4, 0.5) is 20.2 Å². The summed E-state index contributed by atoms with van der Waals surface area (Å²) in [6.07, 6.45) is 3.55. The largest absolute Gasteiger partial charge is 0.355 e. The number of anilines is 2. The van der Waals surface area contributed by atoms with Crippen LogP contribution in [0.15, 0.2) is 36.4 Å². The lowest BCUT2D eigenvalue weighted by atomic mass is 10.1. The quantitative estimate of drug-likeness (QED) is 0.609. The van der Waals surface area contributed by atoms with Crippen LogP contribution < -0.4 is 5.32 Å². The maximum absolute atomic E-state index is 13.1. The van der Waals surface area contributed by atoms with E-state index in [0.717, 1.165) is 22.5 Å². The van der Waals surface area contributed by atoms with Gasteiger partial charge in [-0.05, 0) is 36.4 Å². The van der Waals surface area contributed by atoms with Gasteiger partial charge in [-0.15, -0.1) is 0 Å². The molecule has 2 aromatic carbocycles. The molecule has 1 heterocycles. The molecule has 0 spiro atoms. The molecule has 1 nitrogen and oxygen atoms in total. The van der Waals surface area contributed by atoms with E-state index in [-0.39, 0.29) is 11.6 Å². The third-order valence-electron chi connectivity index (χ3n) is 2.74. The second-order valence-corrected chi connectivity index (χ2v) is 3.92. The number of benzene rings is 2. The Hall–Kier alpha value is -2.16. The average Bonchev–Trinajstić information content (AvgIpc) is 2.48. The predicted molar refractivity (Wildman–Crippen MR) is 65.0 cm³/mol. The van der Waals surface area contributed by atoms with E-state index in [0.29, 0.717) is 0 Å². The van der Waals surface area contributed by atoms with Crippen molar-refractivity contribution in [3.63, 3.8) is 0 Å². The zero-order valence-corrected chi connectivity index (χ0v) is 8.87. The summed E-state index contributed by atoms with van der Waals surface area (Å²) in [5.74, 6) is -0.570. The third-order valence-corrected chi connectivity index (χ3v) is 2.74. The Morgan fingerprint density at radius 2 is 1.18 bits per heavy atom. The maximum Gasteiger partial charge on any atom is 0.123 e. The molecule has 0 saturated carbocycles. The molecule has 0 atom stereocenters. The fraction of sp³-hybridized carbons (Fsp3) is 0. The Labute approximate surface area is 97.4 Å². The Morgan fingerprint density at radius 1 is 0.706 bits per heavy atom. The van der Waals surface area contributed by atoms with Gasteiger partial charge in [0.25, 0.3) is 0 Å². The van der Waals surface area contributed by atoms with Crippen molar-refractivity contribution in [3.8, 4) is 0 Å². The summed E-state index contributed by atoms with van der Waals surface area (Å²) in [5, 5.41) is 3.16. The minimum Gasteiger partial charge on any atom is -0.355 e. The monoisotopic (exact) mass is 229 g/mol. The Morgan fingerprint density at radius 3 is 1.65 bits per heavy atom. The fourth-order valence-corrected chi connectivity index (χ4v) is 1.90. The maximum atomic E-state index is 13.1. The first-order chi connectivity index (χ1) is 8.22. The van der Waals surface area contributed by atoms with Crippen LogP contribution in [0.25, 0.3) is 12.2 Å². The second-order valence-electron chi connectivity index (χ2n) is 3.92. The molecular formula is C14H9F2N. The van der Waals surface area contributed by atoms with E-state index in [1.807, 2.05) is 0 Å². The molecule has 0 aromatic heterocycles.